The van der Waals surface area contributed by atoms with E-state index in [-0.39, 0.29) is 29.6 Å². The Kier molecular flexibility index (Phi) is 4.17. The lowest BCUT2D eigenvalue weighted by molar-refractivity contribution is 0.0929. The van der Waals surface area contributed by atoms with Gasteiger partial charge in [0.1, 0.15) is 0 Å². The lowest BCUT2D eigenvalue weighted by atomic mass is 9.86. The smallest absolute Gasteiger partial charge is 0.296 e. The fraction of sp³-hybridized carbons (Fsp3) is 0.250. The summed E-state index contributed by atoms with van der Waals surface area (Å²) in [6.45, 7) is 1.89. The molecular formula is C20H19NO4S. The third-order valence-electron chi connectivity index (χ3n) is 4.80. The molecule has 0 fully saturated rings. The van der Waals surface area contributed by atoms with Crippen LogP contribution in [0.25, 0.3) is 10.9 Å². The Bertz CT molecular complexity index is 1080. The summed E-state index contributed by atoms with van der Waals surface area (Å²) in [5.74, 6) is -0.131. The molecule has 1 aliphatic carbocycles. The van der Waals surface area contributed by atoms with Crippen molar-refractivity contribution in [2.24, 2.45) is 5.92 Å². The minimum Gasteiger partial charge on any atom is -0.358 e. The molecule has 1 aromatic heterocycles. The van der Waals surface area contributed by atoms with Crippen LogP contribution in [0.15, 0.2) is 53.4 Å². The van der Waals surface area contributed by atoms with Gasteiger partial charge in [-0.15, -0.1) is 0 Å². The highest BCUT2D eigenvalue weighted by Gasteiger charge is 2.30. The number of Topliss-reactive ketones (excluding diaryl/α,β-unsaturated/α-hetero) is 1. The Morgan fingerprint density at radius 3 is 2.58 bits per heavy atom. The Morgan fingerprint density at radius 2 is 1.81 bits per heavy atom. The number of nitrogens with one attached hydrogen (secondary N) is 1. The van der Waals surface area contributed by atoms with Gasteiger partial charge in [0, 0.05) is 28.6 Å². The maximum Gasteiger partial charge on any atom is 0.296 e. The molecule has 0 saturated carbocycles. The van der Waals surface area contributed by atoms with Crippen LogP contribution >= 0.6 is 0 Å². The van der Waals surface area contributed by atoms with E-state index in [2.05, 4.69) is 4.98 Å². The van der Waals surface area contributed by atoms with Crippen molar-refractivity contribution in [1.82, 2.24) is 4.98 Å². The average Bonchev–Trinajstić information content (AvgIpc) is 2.99. The molecule has 0 aliphatic heterocycles. The number of benzene rings is 2. The summed E-state index contributed by atoms with van der Waals surface area (Å²) >= 11 is 0. The summed E-state index contributed by atoms with van der Waals surface area (Å²) in [6, 6.07) is 14.2. The Morgan fingerprint density at radius 1 is 1.08 bits per heavy atom. The summed E-state index contributed by atoms with van der Waals surface area (Å²) in [4.78, 5) is 16.0. The summed E-state index contributed by atoms with van der Waals surface area (Å²) in [5, 5.41) is 0.930. The second-order valence-corrected chi connectivity index (χ2v) is 8.39. The van der Waals surface area contributed by atoms with Gasteiger partial charge < -0.3 is 4.98 Å². The predicted molar refractivity (Wildman–Crippen MR) is 98.8 cm³/mol. The van der Waals surface area contributed by atoms with Gasteiger partial charge in [0.15, 0.2) is 5.78 Å². The zero-order valence-corrected chi connectivity index (χ0v) is 15.2. The van der Waals surface area contributed by atoms with Crippen molar-refractivity contribution in [1.29, 1.82) is 0 Å². The first-order valence-electron chi connectivity index (χ1n) is 8.53. The van der Waals surface area contributed by atoms with Gasteiger partial charge >= 0.3 is 0 Å². The maximum atomic E-state index is 12.6. The Hall–Kier alpha value is -2.44. The second-order valence-electron chi connectivity index (χ2n) is 6.77. The standard InChI is InChI=1S/C20H19NO4S/c1-13-6-8-15(9-7-13)26(23,24)25-12-14-10-18-20(19(22)11-14)16-4-2-3-5-17(16)21-18/h2-9,14,21H,10-12H2,1H3. The van der Waals surface area contributed by atoms with Crippen molar-refractivity contribution in [3.63, 3.8) is 0 Å². The van der Waals surface area contributed by atoms with E-state index in [1.165, 1.54) is 12.1 Å². The van der Waals surface area contributed by atoms with E-state index >= 15 is 0 Å². The lowest BCUT2D eigenvalue weighted by Gasteiger charge is -2.21. The zero-order chi connectivity index (χ0) is 18.3. The van der Waals surface area contributed by atoms with Crippen molar-refractivity contribution in [3.8, 4) is 0 Å². The average molecular weight is 369 g/mol. The number of aryl methyl sites for hydroxylation is 1. The van der Waals surface area contributed by atoms with E-state index in [0.717, 1.165) is 27.7 Å². The minimum absolute atomic E-state index is 0.00322. The normalized spacial score (nSPS) is 17.4. The van der Waals surface area contributed by atoms with E-state index in [1.54, 1.807) is 12.1 Å². The highest BCUT2D eigenvalue weighted by atomic mass is 32.2. The van der Waals surface area contributed by atoms with Crippen LogP contribution in [-0.2, 0) is 20.7 Å². The van der Waals surface area contributed by atoms with E-state index in [4.69, 9.17) is 4.18 Å². The molecule has 0 radical (unpaired) electrons. The van der Waals surface area contributed by atoms with E-state index in [1.807, 2.05) is 31.2 Å². The first-order valence-corrected chi connectivity index (χ1v) is 9.94. The van der Waals surface area contributed by atoms with Gasteiger partial charge in [0.25, 0.3) is 10.1 Å². The number of aromatic amines is 1. The van der Waals surface area contributed by atoms with Crippen LogP contribution in [0.1, 0.15) is 28.0 Å². The fourth-order valence-electron chi connectivity index (χ4n) is 3.47. The summed E-state index contributed by atoms with van der Waals surface area (Å²) in [7, 11) is -3.82. The van der Waals surface area contributed by atoms with Crippen LogP contribution in [0, 0.1) is 12.8 Å². The number of para-hydroxylation sites is 1. The number of carbonyl (C=O) groups is 1. The molecular weight excluding hydrogens is 350 g/mol. The largest absolute Gasteiger partial charge is 0.358 e. The molecule has 1 heterocycles. The highest BCUT2D eigenvalue weighted by molar-refractivity contribution is 7.86. The van der Waals surface area contributed by atoms with E-state index in [9.17, 15) is 13.2 Å². The lowest BCUT2D eigenvalue weighted by Crippen LogP contribution is -2.24. The van der Waals surface area contributed by atoms with Crippen molar-refractivity contribution >= 4 is 26.8 Å². The second kappa shape index (κ2) is 6.37. The van der Waals surface area contributed by atoms with Crippen LogP contribution in [0.4, 0.5) is 0 Å². The van der Waals surface area contributed by atoms with Gasteiger partial charge in [0.2, 0.25) is 0 Å². The number of rotatable bonds is 4. The molecule has 26 heavy (non-hydrogen) atoms. The summed E-state index contributed by atoms with van der Waals surface area (Å²) in [5.41, 5.74) is 3.51. The van der Waals surface area contributed by atoms with Crippen molar-refractivity contribution in [2.45, 2.75) is 24.7 Å². The molecule has 1 unspecified atom stereocenters. The molecule has 4 rings (SSSR count). The van der Waals surface area contributed by atoms with Crippen molar-refractivity contribution in [2.75, 3.05) is 6.61 Å². The minimum atomic E-state index is -3.82. The van der Waals surface area contributed by atoms with Crippen LogP contribution in [0.5, 0.6) is 0 Å². The molecule has 0 amide bonds. The van der Waals surface area contributed by atoms with E-state index < -0.39 is 10.1 Å². The topological polar surface area (TPSA) is 76.2 Å². The predicted octanol–water partition coefficient (Wildman–Crippen LogP) is 3.63. The molecule has 0 saturated heterocycles. The van der Waals surface area contributed by atoms with E-state index in [0.29, 0.717) is 6.42 Å². The van der Waals surface area contributed by atoms with Crippen LogP contribution in [-0.4, -0.2) is 25.8 Å². The van der Waals surface area contributed by atoms with Gasteiger partial charge in [-0.05, 0) is 37.5 Å². The van der Waals surface area contributed by atoms with Crippen LogP contribution < -0.4 is 0 Å². The van der Waals surface area contributed by atoms with Gasteiger partial charge in [-0.1, -0.05) is 35.9 Å². The monoisotopic (exact) mass is 369 g/mol. The number of fused-ring (bicyclic) bond motifs is 3. The number of hydrogen-bond donors (Lipinski definition) is 1. The molecule has 134 valence electrons. The Labute approximate surface area is 152 Å². The first kappa shape index (κ1) is 17.0. The number of carbonyl (C=O) groups excluding carboxylic acids is 1. The zero-order valence-electron chi connectivity index (χ0n) is 14.4. The third kappa shape index (κ3) is 3.06. The highest BCUT2D eigenvalue weighted by Crippen LogP contribution is 2.32. The van der Waals surface area contributed by atoms with Crippen LogP contribution in [0.2, 0.25) is 0 Å². The number of aromatic nitrogens is 1. The molecule has 1 aliphatic rings. The molecule has 1 N–H and O–H groups in total. The first-order chi connectivity index (χ1) is 12.4. The van der Waals surface area contributed by atoms with Crippen LogP contribution in [0.3, 0.4) is 0 Å². The van der Waals surface area contributed by atoms with Crippen molar-refractivity contribution < 1.29 is 17.4 Å². The summed E-state index contributed by atoms with van der Waals surface area (Å²) in [6.07, 6.45) is 0.886. The molecule has 5 nitrogen and oxygen atoms in total. The van der Waals surface area contributed by atoms with Crippen molar-refractivity contribution in [3.05, 3.63) is 65.4 Å². The summed E-state index contributed by atoms with van der Waals surface area (Å²) < 4.78 is 29.9. The number of hydrogen-bond acceptors (Lipinski definition) is 4. The quantitative estimate of drug-likeness (QED) is 0.713. The number of H-pyrrole nitrogens is 1. The Balaban J connectivity index is 1.52. The third-order valence-corrected chi connectivity index (χ3v) is 6.09. The molecule has 6 heteroatoms. The molecule has 0 bridgehead atoms. The van der Waals surface area contributed by atoms with Gasteiger partial charge in [-0.3, -0.25) is 8.98 Å². The molecule has 2 aromatic carbocycles. The van der Waals surface area contributed by atoms with Gasteiger partial charge in [-0.25, -0.2) is 0 Å². The maximum absolute atomic E-state index is 12.6. The van der Waals surface area contributed by atoms with Gasteiger partial charge in [0.05, 0.1) is 11.5 Å². The fourth-order valence-corrected chi connectivity index (χ4v) is 4.45. The molecule has 3 aromatic rings. The number of ketones is 1. The van der Waals surface area contributed by atoms with Gasteiger partial charge in [-0.2, -0.15) is 8.42 Å². The SMILES string of the molecule is Cc1ccc(S(=O)(=O)OCC2CC(=O)c3c([nH]c4ccccc34)C2)cc1. The molecule has 1 atom stereocenters. The molecule has 0 spiro atoms.